The molecule has 0 spiro atoms. The minimum Gasteiger partial charge on any atom is -0.300 e. The van der Waals surface area contributed by atoms with Gasteiger partial charge in [-0.2, -0.15) is 0 Å². The van der Waals surface area contributed by atoms with Gasteiger partial charge in [0.1, 0.15) is 5.78 Å². The second kappa shape index (κ2) is 6.14. The predicted molar refractivity (Wildman–Crippen MR) is 48.5 cm³/mol. The van der Waals surface area contributed by atoms with Crippen LogP contribution in [-0.2, 0) is 4.79 Å². The summed E-state index contributed by atoms with van der Waals surface area (Å²) in [6, 6.07) is 0. The normalized spacial score (nSPS) is 21.9. The molecule has 1 aliphatic rings. The van der Waals surface area contributed by atoms with Crippen molar-refractivity contribution in [1.82, 2.24) is 0 Å². The molecule has 1 unspecified atom stereocenters. The van der Waals surface area contributed by atoms with Crippen LogP contribution >= 0.6 is 0 Å². The molecule has 0 N–H and O–H groups in total. The van der Waals surface area contributed by atoms with Crippen LogP contribution in [0.25, 0.3) is 0 Å². The molecule has 1 aliphatic carbocycles. The molecule has 0 saturated heterocycles. The number of ketones is 1. The van der Waals surface area contributed by atoms with Gasteiger partial charge in [0.05, 0.1) is 0 Å². The third-order valence-electron chi connectivity index (χ3n) is 1.84. The van der Waals surface area contributed by atoms with E-state index in [-0.39, 0.29) is 0 Å². The van der Waals surface area contributed by atoms with Gasteiger partial charge < -0.3 is 0 Å². The Morgan fingerprint density at radius 2 is 2.00 bits per heavy atom. The highest BCUT2D eigenvalue weighted by Crippen LogP contribution is 2.18. The zero-order chi connectivity index (χ0) is 8.69. The second-order valence-electron chi connectivity index (χ2n) is 2.59. The molecular formula is C10H18O. The summed E-state index contributed by atoms with van der Waals surface area (Å²) in [5.41, 5.74) is 0. The third kappa shape index (κ3) is 3.97. The Labute approximate surface area is 69.5 Å². The quantitative estimate of drug-likeness (QED) is 0.531. The van der Waals surface area contributed by atoms with E-state index in [1.807, 2.05) is 13.8 Å². The highest BCUT2D eigenvalue weighted by Gasteiger charge is 2.13. The zero-order valence-electron chi connectivity index (χ0n) is 7.76. The van der Waals surface area contributed by atoms with Gasteiger partial charge >= 0.3 is 0 Å². The molecule has 0 aromatic rings. The van der Waals surface area contributed by atoms with E-state index in [2.05, 4.69) is 12.2 Å². The van der Waals surface area contributed by atoms with Crippen molar-refractivity contribution in [2.75, 3.05) is 0 Å². The van der Waals surface area contributed by atoms with Crippen molar-refractivity contribution in [3.05, 3.63) is 12.2 Å². The summed E-state index contributed by atoms with van der Waals surface area (Å²) in [4.78, 5) is 10.8. The predicted octanol–water partition coefficient (Wildman–Crippen LogP) is 2.96. The summed E-state index contributed by atoms with van der Waals surface area (Å²) in [7, 11) is 0. The van der Waals surface area contributed by atoms with Gasteiger partial charge in [0.2, 0.25) is 0 Å². The Hall–Kier alpha value is -0.590. The molecule has 0 bridgehead atoms. The number of rotatable bonds is 1. The van der Waals surface area contributed by atoms with E-state index in [9.17, 15) is 4.79 Å². The Morgan fingerprint density at radius 1 is 1.36 bits per heavy atom. The highest BCUT2D eigenvalue weighted by molar-refractivity contribution is 5.78. The first-order chi connectivity index (χ1) is 5.30. The van der Waals surface area contributed by atoms with Crippen molar-refractivity contribution in [1.29, 1.82) is 0 Å². The maximum absolute atomic E-state index is 10.8. The lowest BCUT2D eigenvalue weighted by molar-refractivity contribution is -0.120. The summed E-state index contributed by atoms with van der Waals surface area (Å²) in [6.45, 7) is 5.68. The fraction of sp³-hybridized carbons (Fsp3) is 0.700. The van der Waals surface area contributed by atoms with E-state index in [4.69, 9.17) is 0 Å². The maximum atomic E-state index is 10.8. The van der Waals surface area contributed by atoms with Crippen LogP contribution in [0.4, 0.5) is 0 Å². The van der Waals surface area contributed by atoms with Crippen LogP contribution < -0.4 is 0 Å². The number of allylic oxidation sites excluding steroid dienone is 2. The number of carbonyl (C=O) groups is 1. The fourth-order valence-electron chi connectivity index (χ4n) is 1.16. The maximum Gasteiger partial charge on any atom is 0.133 e. The van der Waals surface area contributed by atoms with Crippen LogP contribution in [0.3, 0.4) is 0 Å². The van der Waals surface area contributed by atoms with Crippen LogP contribution in [0.1, 0.15) is 40.0 Å². The first-order valence-corrected chi connectivity index (χ1v) is 4.46. The average molecular weight is 154 g/mol. The summed E-state index contributed by atoms with van der Waals surface area (Å²) >= 11 is 0. The molecule has 1 nitrogen and oxygen atoms in total. The largest absolute Gasteiger partial charge is 0.300 e. The minimum absolute atomic E-state index is 0.329. The summed E-state index contributed by atoms with van der Waals surface area (Å²) < 4.78 is 0. The van der Waals surface area contributed by atoms with Gasteiger partial charge in [-0.3, -0.25) is 4.79 Å². The monoisotopic (exact) mass is 154 g/mol. The van der Waals surface area contributed by atoms with Gasteiger partial charge in [-0.25, -0.2) is 0 Å². The third-order valence-corrected chi connectivity index (χ3v) is 1.84. The number of hydrogen-bond donors (Lipinski definition) is 0. The van der Waals surface area contributed by atoms with Gasteiger partial charge in [0, 0.05) is 5.92 Å². The average Bonchev–Trinajstić information content (AvgIpc) is 2.10. The molecular weight excluding hydrogens is 136 g/mol. The standard InChI is InChI=1S/C8H12O.C2H6/c1-7(9)8-5-3-2-4-6-8;1-2/h2-3,8H,4-6H2,1H3;1-2H3. The van der Waals surface area contributed by atoms with E-state index in [0.29, 0.717) is 11.7 Å². The van der Waals surface area contributed by atoms with Crippen LogP contribution in [0, 0.1) is 5.92 Å². The van der Waals surface area contributed by atoms with Crippen LogP contribution in [-0.4, -0.2) is 5.78 Å². The lowest BCUT2D eigenvalue weighted by Gasteiger charge is -2.12. The minimum atomic E-state index is 0.329. The summed E-state index contributed by atoms with van der Waals surface area (Å²) in [5.74, 6) is 0.675. The molecule has 0 aromatic heterocycles. The van der Waals surface area contributed by atoms with Crippen molar-refractivity contribution in [2.45, 2.75) is 40.0 Å². The second-order valence-corrected chi connectivity index (χ2v) is 2.59. The Morgan fingerprint density at radius 3 is 2.27 bits per heavy atom. The van der Waals surface area contributed by atoms with Crippen LogP contribution in [0.5, 0.6) is 0 Å². The van der Waals surface area contributed by atoms with Crippen molar-refractivity contribution < 1.29 is 4.79 Å². The van der Waals surface area contributed by atoms with Crippen molar-refractivity contribution >= 4 is 5.78 Å². The first-order valence-electron chi connectivity index (χ1n) is 4.46. The first kappa shape index (κ1) is 10.4. The fourth-order valence-corrected chi connectivity index (χ4v) is 1.16. The molecule has 0 radical (unpaired) electrons. The summed E-state index contributed by atoms with van der Waals surface area (Å²) in [6.07, 6.45) is 7.38. The Balaban J connectivity index is 0.000000461. The highest BCUT2D eigenvalue weighted by atomic mass is 16.1. The van der Waals surface area contributed by atoms with Gasteiger partial charge in [-0.05, 0) is 26.2 Å². The van der Waals surface area contributed by atoms with Crippen LogP contribution in [0.2, 0.25) is 0 Å². The van der Waals surface area contributed by atoms with E-state index in [1.165, 1.54) is 0 Å². The number of Topliss-reactive ketones (excluding diaryl/α,β-unsaturated/α-hetero) is 1. The molecule has 0 amide bonds. The molecule has 0 aromatic carbocycles. The Kier molecular flexibility index (Phi) is 5.81. The SMILES string of the molecule is CC.CC(=O)C1CC=CCC1. The van der Waals surface area contributed by atoms with Gasteiger partial charge in [0.15, 0.2) is 0 Å². The van der Waals surface area contributed by atoms with Crippen molar-refractivity contribution in [3.63, 3.8) is 0 Å². The van der Waals surface area contributed by atoms with Crippen molar-refractivity contribution in [2.24, 2.45) is 5.92 Å². The molecule has 0 saturated carbocycles. The van der Waals surface area contributed by atoms with Crippen LogP contribution in [0.15, 0.2) is 12.2 Å². The number of carbonyl (C=O) groups excluding carboxylic acids is 1. The van der Waals surface area contributed by atoms with E-state index < -0.39 is 0 Å². The molecule has 0 aliphatic heterocycles. The molecule has 0 fully saturated rings. The van der Waals surface area contributed by atoms with Gasteiger partial charge in [-0.1, -0.05) is 26.0 Å². The smallest absolute Gasteiger partial charge is 0.133 e. The molecule has 11 heavy (non-hydrogen) atoms. The van der Waals surface area contributed by atoms with E-state index in [0.717, 1.165) is 19.3 Å². The van der Waals surface area contributed by atoms with E-state index in [1.54, 1.807) is 6.92 Å². The molecule has 64 valence electrons. The number of hydrogen-bond acceptors (Lipinski definition) is 1. The lowest BCUT2D eigenvalue weighted by atomic mass is 9.91. The molecule has 1 heteroatoms. The van der Waals surface area contributed by atoms with Crippen molar-refractivity contribution in [3.8, 4) is 0 Å². The lowest BCUT2D eigenvalue weighted by Crippen LogP contribution is -2.11. The zero-order valence-corrected chi connectivity index (χ0v) is 7.76. The molecule has 1 rings (SSSR count). The topological polar surface area (TPSA) is 17.1 Å². The summed E-state index contributed by atoms with van der Waals surface area (Å²) in [5, 5.41) is 0. The van der Waals surface area contributed by atoms with E-state index >= 15 is 0 Å². The Bertz CT molecular complexity index is 136. The van der Waals surface area contributed by atoms with Gasteiger partial charge in [-0.15, -0.1) is 0 Å². The molecule has 0 heterocycles. The van der Waals surface area contributed by atoms with Gasteiger partial charge in [0.25, 0.3) is 0 Å². The molecule has 1 atom stereocenters.